The second-order valence-electron chi connectivity index (χ2n) is 2.22. The lowest BCUT2D eigenvalue weighted by atomic mass is 10.4. The first-order valence-electron chi connectivity index (χ1n) is 2.31. The summed E-state index contributed by atoms with van der Waals surface area (Å²) in [6, 6.07) is 0. The molecule has 0 amide bonds. The first-order chi connectivity index (χ1) is 3.17. The van der Waals surface area contributed by atoms with Gasteiger partial charge in [-0.05, 0) is 13.3 Å². The van der Waals surface area contributed by atoms with Crippen LogP contribution in [0.4, 0.5) is 0 Å². The Morgan fingerprint density at radius 2 is 2.43 bits per heavy atom. The fourth-order valence-corrected chi connectivity index (χ4v) is 1.02. The van der Waals surface area contributed by atoms with Gasteiger partial charge in [-0.1, -0.05) is 15.9 Å². The van der Waals surface area contributed by atoms with E-state index in [0.29, 0.717) is 0 Å². The van der Waals surface area contributed by atoms with Gasteiger partial charge in [0.25, 0.3) is 0 Å². The summed E-state index contributed by atoms with van der Waals surface area (Å²) in [6.45, 7) is 2.03. The highest BCUT2D eigenvalue weighted by atomic mass is 79.9. The van der Waals surface area contributed by atoms with Gasteiger partial charge in [-0.15, -0.1) is 0 Å². The molecule has 0 aromatic rings. The van der Waals surface area contributed by atoms with E-state index < -0.39 is 0 Å². The average Bonchev–Trinajstić information content (AvgIpc) is 2.13. The quantitative estimate of drug-likeness (QED) is 0.421. The minimum Gasteiger partial charge on any atom is -0.303 e. The van der Waals surface area contributed by atoms with Crippen LogP contribution in [0.5, 0.6) is 0 Å². The first kappa shape index (κ1) is 5.29. The van der Waals surface area contributed by atoms with Crippen molar-refractivity contribution in [3.8, 4) is 0 Å². The van der Waals surface area contributed by atoms with Crippen LogP contribution in [0.3, 0.4) is 0 Å². The average molecular weight is 163 g/mol. The SMILES string of the molecule is C[C@@]1(Br)C[C@@H]1C=O. The van der Waals surface area contributed by atoms with Gasteiger partial charge in [0, 0.05) is 10.2 Å². The van der Waals surface area contributed by atoms with Gasteiger partial charge in [-0.25, -0.2) is 0 Å². The van der Waals surface area contributed by atoms with Crippen molar-refractivity contribution in [1.29, 1.82) is 0 Å². The van der Waals surface area contributed by atoms with Crippen LogP contribution in [-0.2, 0) is 4.79 Å². The number of alkyl halides is 1. The number of hydrogen-bond acceptors (Lipinski definition) is 1. The normalized spacial score (nSPS) is 48.6. The molecule has 40 valence electrons. The number of aldehydes is 1. The molecule has 1 nitrogen and oxygen atoms in total. The molecule has 0 N–H and O–H groups in total. The molecule has 0 bridgehead atoms. The minimum atomic E-state index is 0.161. The van der Waals surface area contributed by atoms with Crippen molar-refractivity contribution in [2.24, 2.45) is 5.92 Å². The maximum Gasteiger partial charge on any atom is 0.124 e. The highest BCUT2D eigenvalue weighted by molar-refractivity contribution is 9.10. The van der Waals surface area contributed by atoms with Crippen LogP contribution in [0.2, 0.25) is 0 Å². The monoisotopic (exact) mass is 162 g/mol. The number of rotatable bonds is 1. The van der Waals surface area contributed by atoms with Gasteiger partial charge in [0.1, 0.15) is 6.29 Å². The van der Waals surface area contributed by atoms with Crippen LogP contribution in [0.1, 0.15) is 13.3 Å². The Morgan fingerprint density at radius 3 is 2.43 bits per heavy atom. The second-order valence-corrected chi connectivity index (χ2v) is 4.04. The maximum atomic E-state index is 9.95. The van der Waals surface area contributed by atoms with Crippen LogP contribution in [0.15, 0.2) is 0 Å². The Bertz CT molecular complexity index is 98.3. The fraction of sp³-hybridized carbons (Fsp3) is 0.800. The molecule has 0 spiro atoms. The van der Waals surface area contributed by atoms with Crippen LogP contribution in [-0.4, -0.2) is 10.6 Å². The highest BCUT2D eigenvalue weighted by Gasteiger charge is 2.47. The molecule has 1 aliphatic carbocycles. The summed E-state index contributed by atoms with van der Waals surface area (Å²) < 4.78 is 0.161. The van der Waals surface area contributed by atoms with E-state index in [1.807, 2.05) is 6.92 Å². The van der Waals surface area contributed by atoms with E-state index in [4.69, 9.17) is 0 Å². The zero-order chi connectivity index (χ0) is 5.49. The van der Waals surface area contributed by atoms with Crippen molar-refractivity contribution in [1.82, 2.24) is 0 Å². The van der Waals surface area contributed by atoms with Crippen molar-refractivity contribution < 1.29 is 4.79 Å². The maximum absolute atomic E-state index is 9.95. The van der Waals surface area contributed by atoms with Crippen LogP contribution in [0, 0.1) is 5.92 Å². The molecule has 2 atom stereocenters. The third-order valence-electron chi connectivity index (χ3n) is 1.40. The van der Waals surface area contributed by atoms with Crippen LogP contribution >= 0.6 is 15.9 Å². The molecular formula is C5H7BrO. The van der Waals surface area contributed by atoms with Gasteiger partial charge >= 0.3 is 0 Å². The van der Waals surface area contributed by atoms with Gasteiger partial charge < -0.3 is 4.79 Å². The zero-order valence-electron chi connectivity index (χ0n) is 4.15. The summed E-state index contributed by atoms with van der Waals surface area (Å²) >= 11 is 3.38. The predicted molar refractivity (Wildman–Crippen MR) is 31.5 cm³/mol. The fourth-order valence-electron chi connectivity index (χ4n) is 0.561. The van der Waals surface area contributed by atoms with Gasteiger partial charge in [-0.2, -0.15) is 0 Å². The van der Waals surface area contributed by atoms with Crippen molar-refractivity contribution in [2.45, 2.75) is 17.7 Å². The number of halogens is 1. The van der Waals surface area contributed by atoms with E-state index >= 15 is 0 Å². The minimum absolute atomic E-state index is 0.161. The molecule has 1 rings (SSSR count). The lowest BCUT2D eigenvalue weighted by Gasteiger charge is -1.88. The lowest BCUT2D eigenvalue weighted by molar-refractivity contribution is -0.108. The Morgan fingerprint density at radius 1 is 2.00 bits per heavy atom. The van der Waals surface area contributed by atoms with Crippen molar-refractivity contribution in [3.05, 3.63) is 0 Å². The summed E-state index contributed by atoms with van der Waals surface area (Å²) in [6.07, 6.45) is 2.02. The zero-order valence-corrected chi connectivity index (χ0v) is 5.73. The van der Waals surface area contributed by atoms with E-state index in [1.165, 1.54) is 0 Å². The van der Waals surface area contributed by atoms with Crippen molar-refractivity contribution in [3.63, 3.8) is 0 Å². The summed E-state index contributed by atoms with van der Waals surface area (Å²) in [5.74, 6) is 0.285. The van der Waals surface area contributed by atoms with Gasteiger partial charge in [0.15, 0.2) is 0 Å². The molecule has 1 fully saturated rings. The molecule has 0 radical (unpaired) electrons. The first-order valence-corrected chi connectivity index (χ1v) is 3.10. The summed E-state index contributed by atoms with van der Waals surface area (Å²) in [5, 5.41) is 0. The van der Waals surface area contributed by atoms with Crippen molar-refractivity contribution in [2.75, 3.05) is 0 Å². The number of carbonyl (C=O) groups is 1. The molecule has 0 heterocycles. The molecule has 0 unspecified atom stereocenters. The second kappa shape index (κ2) is 1.31. The van der Waals surface area contributed by atoms with E-state index in [-0.39, 0.29) is 10.2 Å². The Hall–Kier alpha value is 0.150. The smallest absolute Gasteiger partial charge is 0.124 e. The lowest BCUT2D eigenvalue weighted by Crippen LogP contribution is -1.92. The van der Waals surface area contributed by atoms with Gasteiger partial charge in [0.05, 0.1) is 0 Å². The Balaban J connectivity index is 2.44. The van der Waals surface area contributed by atoms with E-state index in [2.05, 4.69) is 15.9 Å². The summed E-state index contributed by atoms with van der Waals surface area (Å²) in [5.41, 5.74) is 0. The van der Waals surface area contributed by atoms with Gasteiger partial charge in [0.2, 0.25) is 0 Å². The molecule has 0 aromatic carbocycles. The van der Waals surface area contributed by atoms with E-state index in [0.717, 1.165) is 12.7 Å². The summed E-state index contributed by atoms with van der Waals surface area (Å²) in [7, 11) is 0. The topological polar surface area (TPSA) is 17.1 Å². The van der Waals surface area contributed by atoms with Crippen LogP contribution in [0.25, 0.3) is 0 Å². The number of hydrogen-bond donors (Lipinski definition) is 0. The molecule has 0 saturated heterocycles. The molecule has 1 aliphatic rings. The molecule has 0 aliphatic heterocycles. The molecule has 7 heavy (non-hydrogen) atoms. The third-order valence-corrected chi connectivity index (χ3v) is 2.31. The van der Waals surface area contributed by atoms with Crippen molar-refractivity contribution >= 4 is 22.2 Å². The van der Waals surface area contributed by atoms with Gasteiger partial charge in [-0.3, -0.25) is 0 Å². The standard InChI is InChI=1S/C5H7BrO/c1-5(6)2-4(5)3-7/h3-4H,2H2,1H3/t4-,5-/m1/s1. The van der Waals surface area contributed by atoms with Crippen LogP contribution < -0.4 is 0 Å². The predicted octanol–water partition coefficient (Wildman–Crippen LogP) is 1.36. The van der Waals surface area contributed by atoms with E-state index in [1.54, 1.807) is 0 Å². The largest absolute Gasteiger partial charge is 0.303 e. The Kier molecular flexibility index (Phi) is 0.991. The highest BCUT2D eigenvalue weighted by Crippen LogP contribution is 2.49. The summed E-state index contributed by atoms with van der Waals surface area (Å²) in [4.78, 5) is 9.95. The molecule has 0 aromatic heterocycles. The molecule has 2 heteroatoms. The number of carbonyl (C=O) groups excluding carboxylic acids is 1. The Labute approximate surface area is 51.2 Å². The van der Waals surface area contributed by atoms with E-state index in [9.17, 15) is 4.79 Å². The third kappa shape index (κ3) is 0.852. The molecular weight excluding hydrogens is 156 g/mol. The molecule has 1 saturated carbocycles.